The third-order valence-electron chi connectivity index (χ3n) is 3.36. The van der Waals surface area contributed by atoms with Crippen LogP contribution < -0.4 is 0 Å². The molecule has 0 bridgehead atoms. The van der Waals surface area contributed by atoms with Crippen LogP contribution in [0, 0.1) is 17.3 Å². The van der Waals surface area contributed by atoms with Gasteiger partial charge in [-0.2, -0.15) is 0 Å². The predicted molar refractivity (Wildman–Crippen MR) is 81.1 cm³/mol. The first-order valence-corrected chi connectivity index (χ1v) is 7.04. The maximum Gasteiger partial charge on any atom is 0.330 e. The Morgan fingerprint density at radius 2 is 1.77 bits per heavy atom. The molecular formula is C16H26O6. The van der Waals surface area contributed by atoms with Crippen molar-refractivity contribution in [3.63, 3.8) is 0 Å². The van der Waals surface area contributed by atoms with E-state index in [0.717, 1.165) is 6.08 Å². The highest BCUT2D eigenvalue weighted by Crippen LogP contribution is 2.58. The lowest BCUT2D eigenvalue weighted by Crippen LogP contribution is -2.22. The molecule has 1 aliphatic rings. The zero-order valence-corrected chi connectivity index (χ0v) is 14.1. The van der Waals surface area contributed by atoms with E-state index in [-0.39, 0.29) is 35.8 Å². The summed E-state index contributed by atoms with van der Waals surface area (Å²) in [5.74, 6) is -1.93. The highest BCUT2D eigenvalue weighted by molar-refractivity contribution is 5.81. The van der Waals surface area contributed by atoms with Crippen LogP contribution in [0.25, 0.3) is 0 Å². The van der Waals surface area contributed by atoms with E-state index in [1.807, 2.05) is 34.6 Å². The summed E-state index contributed by atoms with van der Waals surface area (Å²) in [6.07, 6.45) is 1.16. The molecule has 0 heterocycles. The van der Waals surface area contributed by atoms with E-state index in [4.69, 9.17) is 14.6 Å². The SMILES string of the molecule is C=CC(=O)OC(C)(C)C.CC(=O)OCC1C(C(=O)O)C1(C)C. The Hall–Kier alpha value is -1.85. The lowest BCUT2D eigenvalue weighted by Gasteiger charge is -2.17. The second-order valence-electron chi connectivity index (χ2n) is 6.78. The number of carboxylic acids is 1. The van der Waals surface area contributed by atoms with Crippen LogP contribution in [0.2, 0.25) is 0 Å². The topological polar surface area (TPSA) is 89.9 Å². The minimum Gasteiger partial charge on any atom is -0.481 e. The summed E-state index contributed by atoms with van der Waals surface area (Å²) in [5.41, 5.74) is -0.632. The third-order valence-corrected chi connectivity index (χ3v) is 3.36. The Kier molecular flexibility index (Phi) is 6.80. The molecule has 2 atom stereocenters. The fraction of sp³-hybridized carbons (Fsp3) is 0.688. The standard InChI is InChI=1S/C9H14O4.C7H12O2/c1-5(10)13-4-6-7(8(11)12)9(6,2)3;1-5-6(8)9-7(2,3)4/h6-7H,4H2,1-3H3,(H,11,12);5H,1H2,2-4H3. The molecule has 0 aromatic carbocycles. The van der Waals surface area contributed by atoms with Gasteiger partial charge in [-0.25, -0.2) is 4.79 Å². The monoisotopic (exact) mass is 314 g/mol. The molecule has 1 aliphatic carbocycles. The van der Waals surface area contributed by atoms with E-state index in [0.29, 0.717) is 0 Å². The zero-order valence-electron chi connectivity index (χ0n) is 14.1. The van der Waals surface area contributed by atoms with Crippen molar-refractivity contribution in [1.29, 1.82) is 0 Å². The van der Waals surface area contributed by atoms with Crippen molar-refractivity contribution < 1.29 is 29.0 Å². The van der Waals surface area contributed by atoms with Crippen LogP contribution in [0.1, 0.15) is 41.5 Å². The molecule has 1 rings (SSSR count). The molecule has 22 heavy (non-hydrogen) atoms. The molecule has 0 aromatic rings. The van der Waals surface area contributed by atoms with E-state index >= 15 is 0 Å². The summed E-state index contributed by atoms with van der Waals surface area (Å²) in [5, 5.41) is 8.78. The number of hydrogen-bond acceptors (Lipinski definition) is 5. The van der Waals surface area contributed by atoms with Crippen molar-refractivity contribution in [2.24, 2.45) is 17.3 Å². The van der Waals surface area contributed by atoms with E-state index < -0.39 is 11.6 Å². The third kappa shape index (κ3) is 6.74. The number of carbonyl (C=O) groups excluding carboxylic acids is 2. The average Bonchev–Trinajstić information content (AvgIpc) is 2.87. The molecule has 0 amide bonds. The number of rotatable bonds is 4. The van der Waals surface area contributed by atoms with Crippen molar-refractivity contribution in [2.75, 3.05) is 6.61 Å². The molecule has 1 N–H and O–H groups in total. The van der Waals surface area contributed by atoms with Crippen LogP contribution in [-0.4, -0.2) is 35.2 Å². The van der Waals surface area contributed by atoms with Gasteiger partial charge < -0.3 is 14.6 Å². The molecule has 6 nitrogen and oxygen atoms in total. The predicted octanol–water partition coefficient (Wildman–Crippen LogP) is 2.42. The van der Waals surface area contributed by atoms with Crippen LogP contribution >= 0.6 is 0 Å². The molecular weight excluding hydrogens is 288 g/mol. The second-order valence-corrected chi connectivity index (χ2v) is 6.78. The van der Waals surface area contributed by atoms with Crippen LogP contribution in [0.3, 0.4) is 0 Å². The summed E-state index contributed by atoms with van der Waals surface area (Å²) in [6.45, 7) is 14.0. The Bertz CT molecular complexity index is 444. The van der Waals surface area contributed by atoms with E-state index in [1.165, 1.54) is 6.92 Å². The summed E-state index contributed by atoms with van der Waals surface area (Å²) in [7, 11) is 0. The molecule has 1 fully saturated rings. The van der Waals surface area contributed by atoms with Crippen molar-refractivity contribution >= 4 is 17.9 Å². The molecule has 2 unspecified atom stereocenters. The molecule has 0 spiro atoms. The molecule has 0 saturated heterocycles. The number of esters is 2. The van der Waals surface area contributed by atoms with Gasteiger partial charge in [0.1, 0.15) is 5.60 Å². The number of carboxylic acid groups (broad SMARTS) is 1. The Morgan fingerprint density at radius 3 is 2.00 bits per heavy atom. The van der Waals surface area contributed by atoms with Gasteiger partial charge in [0, 0.05) is 18.9 Å². The van der Waals surface area contributed by atoms with E-state index in [2.05, 4.69) is 6.58 Å². The Morgan fingerprint density at radius 1 is 1.27 bits per heavy atom. The van der Waals surface area contributed by atoms with Crippen LogP contribution in [0.5, 0.6) is 0 Å². The lowest BCUT2D eigenvalue weighted by molar-refractivity contribution is -0.148. The summed E-state index contributed by atoms with van der Waals surface area (Å²) >= 11 is 0. The van der Waals surface area contributed by atoms with E-state index in [9.17, 15) is 14.4 Å². The van der Waals surface area contributed by atoms with Gasteiger partial charge in [0.2, 0.25) is 0 Å². The maximum atomic E-state index is 10.7. The maximum absolute atomic E-state index is 10.7. The van der Waals surface area contributed by atoms with Crippen molar-refractivity contribution in [2.45, 2.75) is 47.1 Å². The second kappa shape index (κ2) is 7.42. The fourth-order valence-electron chi connectivity index (χ4n) is 2.10. The molecule has 0 aromatic heterocycles. The molecule has 0 radical (unpaired) electrons. The number of carbonyl (C=O) groups is 3. The number of ether oxygens (including phenoxy) is 2. The highest BCUT2D eigenvalue weighted by atomic mass is 16.6. The first kappa shape index (κ1) is 20.1. The van der Waals surface area contributed by atoms with Crippen molar-refractivity contribution in [3.8, 4) is 0 Å². The van der Waals surface area contributed by atoms with Gasteiger partial charge in [-0.3, -0.25) is 9.59 Å². The van der Waals surface area contributed by atoms with Crippen LogP contribution in [0.15, 0.2) is 12.7 Å². The largest absolute Gasteiger partial charge is 0.481 e. The molecule has 0 aliphatic heterocycles. The van der Waals surface area contributed by atoms with Gasteiger partial charge in [0.25, 0.3) is 0 Å². The molecule has 6 heteroatoms. The van der Waals surface area contributed by atoms with Gasteiger partial charge in [0.05, 0.1) is 12.5 Å². The highest BCUT2D eigenvalue weighted by Gasteiger charge is 2.62. The van der Waals surface area contributed by atoms with Crippen molar-refractivity contribution in [1.82, 2.24) is 0 Å². The van der Waals surface area contributed by atoms with E-state index in [1.54, 1.807) is 0 Å². The molecule has 126 valence electrons. The van der Waals surface area contributed by atoms with Gasteiger partial charge in [-0.05, 0) is 26.2 Å². The Labute approximate surface area is 131 Å². The minimum atomic E-state index is -0.804. The number of hydrogen-bond donors (Lipinski definition) is 1. The minimum absolute atomic E-state index is 0.0334. The van der Waals surface area contributed by atoms with Gasteiger partial charge >= 0.3 is 17.9 Å². The van der Waals surface area contributed by atoms with Crippen LogP contribution in [-0.2, 0) is 23.9 Å². The number of aliphatic carboxylic acids is 1. The van der Waals surface area contributed by atoms with Gasteiger partial charge in [0.15, 0.2) is 0 Å². The van der Waals surface area contributed by atoms with Crippen molar-refractivity contribution in [3.05, 3.63) is 12.7 Å². The fourth-order valence-corrected chi connectivity index (χ4v) is 2.10. The van der Waals surface area contributed by atoms with Gasteiger partial charge in [-0.15, -0.1) is 0 Å². The Balaban J connectivity index is 0.000000433. The first-order chi connectivity index (χ1) is 9.82. The lowest BCUT2D eigenvalue weighted by atomic mass is 10.1. The zero-order chi connectivity index (χ0) is 17.7. The summed E-state index contributed by atoms with van der Waals surface area (Å²) < 4.78 is 9.61. The summed E-state index contributed by atoms with van der Waals surface area (Å²) in [6, 6.07) is 0. The average molecular weight is 314 g/mol. The molecule has 1 saturated carbocycles. The normalized spacial score (nSPS) is 21.7. The van der Waals surface area contributed by atoms with Crippen LogP contribution in [0.4, 0.5) is 0 Å². The smallest absolute Gasteiger partial charge is 0.330 e. The van der Waals surface area contributed by atoms with Gasteiger partial charge in [-0.1, -0.05) is 20.4 Å². The summed E-state index contributed by atoms with van der Waals surface area (Å²) in [4.78, 5) is 31.7. The quantitative estimate of drug-likeness (QED) is 0.633. The first-order valence-electron chi connectivity index (χ1n) is 7.04.